The molecule has 6 heteroatoms. The van der Waals surface area contributed by atoms with Crippen LogP contribution in [0.1, 0.15) is 77.0 Å². The normalized spacial score (nSPS) is 42.8. The number of nitrogens with one attached hydrogen (secondary N) is 4. The molecule has 5 rings (SSSR count). The quantitative estimate of drug-likeness (QED) is 0.540. The van der Waals surface area contributed by atoms with E-state index in [2.05, 4.69) is 21.3 Å². The Morgan fingerprint density at radius 3 is 2.35 bits per heavy atom. The Labute approximate surface area is 187 Å². The van der Waals surface area contributed by atoms with E-state index in [-0.39, 0.29) is 23.9 Å². The van der Waals surface area contributed by atoms with Crippen LogP contribution in [0.3, 0.4) is 0 Å². The fraction of sp³-hybridized carbons (Fsp3) is 0.920. The molecule has 0 bridgehead atoms. The lowest BCUT2D eigenvalue weighted by atomic mass is 9.73. The van der Waals surface area contributed by atoms with Gasteiger partial charge in [0, 0.05) is 17.9 Å². The van der Waals surface area contributed by atoms with Crippen LogP contribution in [-0.4, -0.2) is 43.7 Å². The molecule has 3 saturated carbocycles. The van der Waals surface area contributed by atoms with Crippen molar-refractivity contribution in [2.45, 2.75) is 89.3 Å². The van der Waals surface area contributed by atoms with Gasteiger partial charge in [0.1, 0.15) is 0 Å². The van der Waals surface area contributed by atoms with Crippen molar-refractivity contribution < 1.29 is 9.59 Å². The molecule has 4 N–H and O–H groups in total. The summed E-state index contributed by atoms with van der Waals surface area (Å²) in [6.45, 7) is 3.33. The van der Waals surface area contributed by atoms with E-state index in [9.17, 15) is 9.59 Å². The minimum Gasteiger partial charge on any atom is -0.353 e. The zero-order chi connectivity index (χ0) is 21.2. The van der Waals surface area contributed by atoms with E-state index in [4.69, 9.17) is 0 Å². The number of rotatable bonds is 5. The first-order valence-electron chi connectivity index (χ1n) is 13.2. The van der Waals surface area contributed by atoms with Crippen molar-refractivity contribution in [3.05, 3.63) is 0 Å². The molecule has 3 aliphatic carbocycles. The Morgan fingerprint density at radius 2 is 1.55 bits per heavy atom. The van der Waals surface area contributed by atoms with E-state index in [1.165, 1.54) is 38.6 Å². The zero-order valence-electron chi connectivity index (χ0n) is 19.0. The minimum absolute atomic E-state index is 0.172. The number of hydrogen-bond acceptors (Lipinski definition) is 4. The third-order valence-electron chi connectivity index (χ3n) is 9.14. The van der Waals surface area contributed by atoms with Gasteiger partial charge in [-0.1, -0.05) is 0 Å². The highest BCUT2D eigenvalue weighted by Gasteiger charge is 2.49. The van der Waals surface area contributed by atoms with Gasteiger partial charge in [0.2, 0.25) is 11.8 Å². The number of piperidine rings is 2. The first-order chi connectivity index (χ1) is 15.2. The molecule has 6 nitrogen and oxygen atoms in total. The molecule has 2 aliphatic heterocycles. The SMILES string of the molecule is O=C(NC1CCCCN1)C1CCC(C2CC2C(=O)NC2CCC3CNCCC3C2)CC1. The van der Waals surface area contributed by atoms with Crippen molar-refractivity contribution in [1.82, 2.24) is 21.3 Å². The molecule has 2 saturated heterocycles. The number of fused-ring (bicyclic) bond motifs is 1. The van der Waals surface area contributed by atoms with Gasteiger partial charge in [0.05, 0.1) is 6.17 Å². The highest BCUT2D eigenvalue weighted by atomic mass is 16.2. The first kappa shape index (κ1) is 21.7. The predicted molar refractivity (Wildman–Crippen MR) is 121 cm³/mol. The second-order valence-electron chi connectivity index (χ2n) is 11.2. The number of carbonyl (C=O) groups is 2. The van der Waals surface area contributed by atoms with E-state index < -0.39 is 0 Å². The van der Waals surface area contributed by atoms with Gasteiger partial charge in [0.15, 0.2) is 0 Å². The molecule has 6 unspecified atom stereocenters. The van der Waals surface area contributed by atoms with Crippen LogP contribution in [0, 0.1) is 35.5 Å². The highest BCUT2D eigenvalue weighted by molar-refractivity contribution is 5.82. The maximum absolute atomic E-state index is 12.9. The minimum atomic E-state index is 0.172. The van der Waals surface area contributed by atoms with E-state index in [1.54, 1.807) is 0 Å². The van der Waals surface area contributed by atoms with Gasteiger partial charge in [-0.15, -0.1) is 0 Å². The summed E-state index contributed by atoms with van der Waals surface area (Å²) in [5.41, 5.74) is 0. The van der Waals surface area contributed by atoms with Gasteiger partial charge >= 0.3 is 0 Å². The summed E-state index contributed by atoms with van der Waals surface area (Å²) in [7, 11) is 0. The fourth-order valence-corrected chi connectivity index (χ4v) is 7.07. The van der Waals surface area contributed by atoms with Crippen LogP contribution in [-0.2, 0) is 9.59 Å². The highest BCUT2D eigenvalue weighted by Crippen LogP contribution is 2.50. The Bertz CT molecular complexity index is 641. The topological polar surface area (TPSA) is 82.3 Å². The molecule has 6 atom stereocenters. The summed E-state index contributed by atoms with van der Waals surface area (Å²) in [4.78, 5) is 25.5. The van der Waals surface area contributed by atoms with E-state index in [0.29, 0.717) is 23.8 Å². The molecule has 0 aromatic heterocycles. The predicted octanol–water partition coefficient (Wildman–Crippen LogP) is 2.54. The van der Waals surface area contributed by atoms with E-state index in [0.717, 1.165) is 69.9 Å². The fourth-order valence-electron chi connectivity index (χ4n) is 7.07. The van der Waals surface area contributed by atoms with Gasteiger partial charge < -0.3 is 16.0 Å². The van der Waals surface area contributed by atoms with Crippen LogP contribution in [0.15, 0.2) is 0 Å². The molecule has 0 spiro atoms. The maximum atomic E-state index is 12.9. The van der Waals surface area contributed by atoms with Crippen LogP contribution in [0.5, 0.6) is 0 Å². The number of hydrogen-bond donors (Lipinski definition) is 4. The van der Waals surface area contributed by atoms with Gasteiger partial charge in [-0.3, -0.25) is 14.9 Å². The molecule has 174 valence electrons. The summed E-state index contributed by atoms with van der Waals surface area (Å²) in [6, 6.07) is 0.404. The largest absolute Gasteiger partial charge is 0.353 e. The number of amides is 2. The van der Waals surface area contributed by atoms with Crippen LogP contribution in [0.4, 0.5) is 0 Å². The zero-order valence-corrected chi connectivity index (χ0v) is 19.0. The van der Waals surface area contributed by atoms with Crippen molar-refractivity contribution >= 4 is 11.8 Å². The molecular weight excluding hydrogens is 388 g/mol. The lowest BCUT2D eigenvalue weighted by Crippen LogP contribution is -2.50. The third-order valence-corrected chi connectivity index (χ3v) is 9.14. The van der Waals surface area contributed by atoms with Crippen LogP contribution in [0.25, 0.3) is 0 Å². The Balaban J connectivity index is 1.02. The second kappa shape index (κ2) is 9.78. The smallest absolute Gasteiger partial charge is 0.224 e. The molecule has 2 amide bonds. The molecule has 5 aliphatic rings. The molecule has 31 heavy (non-hydrogen) atoms. The van der Waals surface area contributed by atoms with Gasteiger partial charge in [-0.2, -0.15) is 0 Å². The molecule has 0 aromatic rings. The lowest BCUT2D eigenvalue weighted by Gasteiger charge is -2.39. The van der Waals surface area contributed by atoms with Crippen LogP contribution < -0.4 is 21.3 Å². The molecule has 5 fully saturated rings. The summed E-state index contributed by atoms with van der Waals surface area (Å²) < 4.78 is 0. The average molecular weight is 431 g/mol. The van der Waals surface area contributed by atoms with Gasteiger partial charge in [-0.25, -0.2) is 0 Å². The van der Waals surface area contributed by atoms with Crippen molar-refractivity contribution in [3.8, 4) is 0 Å². The number of carbonyl (C=O) groups excluding carboxylic acids is 2. The van der Waals surface area contributed by atoms with Gasteiger partial charge in [-0.05, 0) is 120 Å². The van der Waals surface area contributed by atoms with Crippen molar-refractivity contribution in [2.24, 2.45) is 35.5 Å². The Kier molecular flexibility index (Phi) is 6.84. The van der Waals surface area contributed by atoms with Crippen molar-refractivity contribution in [2.75, 3.05) is 19.6 Å². The first-order valence-corrected chi connectivity index (χ1v) is 13.2. The summed E-state index contributed by atoms with van der Waals surface area (Å²) >= 11 is 0. The molecule has 2 heterocycles. The molecular formula is C25H42N4O2. The van der Waals surface area contributed by atoms with Crippen LogP contribution >= 0.6 is 0 Å². The average Bonchev–Trinajstić information content (AvgIpc) is 3.61. The standard InChI is InChI=1S/C25H42N4O2/c30-24(29-23-3-1-2-11-27-23)17-6-4-16(5-7-17)21-14-22(21)25(31)28-20-9-8-19-15-26-12-10-18(19)13-20/h16-23,26-27H,1-15H2,(H,28,31)(H,29,30). The van der Waals surface area contributed by atoms with E-state index in [1.807, 2.05) is 0 Å². The molecule has 0 aromatic carbocycles. The lowest BCUT2D eigenvalue weighted by molar-refractivity contribution is -0.128. The monoisotopic (exact) mass is 430 g/mol. The van der Waals surface area contributed by atoms with Crippen LogP contribution in [0.2, 0.25) is 0 Å². The second-order valence-corrected chi connectivity index (χ2v) is 11.2. The van der Waals surface area contributed by atoms with Gasteiger partial charge in [0.25, 0.3) is 0 Å². The van der Waals surface area contributed by atoms with E-state index >= 15 is 0 Å². The Morgan fingerprint density at radius 1 is 0.710 bits per heavy atom. The summed E-state index contributed by atoms with van der Waals surface area (Å²) in [6.07, 6.45) is 13.8. The maximum Gasteiger partial charge on any atom is 0.224 e. The van der Waals surface area contributed by atoms with Crippen molar-refractivity contribution in [3.63, 3.8) is 0 Å². The summed E-state index contributed by atoms with van der Waals surface area (Å²) in [5, 5.41) is 13.6. The molecule has 0 radical (unpaired) electrons. The van der Waals surface area contributed by atoms with Crippen molar-refractivity contribution in [1.29, 1.82) is 0 Å². The summed E-state index contributed by atoms with van der Waals surface area (Å²) in [5.74, 6) is 3.84. The Hall–Kier alpha value is -1.14. The third kappa shape index (κ3) is 5.27.